The normalized spacial score (nSPS) is 20.1. The third-order valence-electron chi connectivity index (χ3n) is 3.45. The van der Waals surface area contributed by atoms with Gasteiger partial charge in [-0.3, -0.25) is 0 Å². The van der Waals surface area contributed by atoms with Crippen LogP contribution in [0, 0.1) is 0 Å². The van der Waals surface area contributed by atoms with Crippen LogP contribution in [0.15, 0.2) is 12.3 Å². The van der Waals surface area contributed by atoms with Crippen molar-refractivity contribution in [2.24, 2.45) is 0 Å². The van der Waals surface area contributed by atoms with Crippen LogP contribution in [0.5, 0.6) is 0 Å². The zero-order valence-corrected chi connectivity index (χ0v) is 11.3. The number of aromatic carboxylic acids is 1. The summed E-state index contributed by atoms with van der Waals surface area (Å²) in [5.74, 6) is -0.494. The molecule has 2 heterocycles. The Bertz CT molecular complexity index is 467. The first-order valence-corrected chi connectivity index (χ1v) is 6.77. The summed E-state index contributed by atoms with van der Waals surface area (Å²) in [5, 5.41) is 18.7. The lowest BCUT2D eigenvalue weighted by molar-refractivity contribution is 0.0697. The lowest BCUT2D eigenvalue weighted by Gasteiger charge is -2.29. The number of anilines is 1. The second-order valence-electron chi connectivity index (χ2n) is 4.71. The van der Waals surface area contributed by atoms with Crippen molar-refractivity contribution >= 4 is 23.4 Å². The van der Waals surface area contributed by atoms with Crippen LogP contribution in [0.2, 0.25) is 5.02 Å². The molecule has 0 aromatic carbocycles. The number of hydrogen-bond acceptors (Lipinski definition) is 4. The summed E-state index contributed by atoms with van der Waals surface area (Å²) in [7, 11) is 0. The van der Waals surface area contributed by atoms with Crippen LogP contribution in [0.4, 0.5) is 5.82 Å². The van der Waals surface area contributed by atoms with Crippen LogP contribution < -0.4 is 4.90 Å². The lowest BCUT2D eigenvalue weighted by atomic mass is 10.1. The van der Waals surface area contributed by atoms with Gasteiger partial charge in [0.05, 0.1) is 23.2 Å². The number of hydrogen-bond donors (Lipinski definition) is 2. The third-order valence-corrected chi connectivity index (χ3v) is 3.75. The van der Waals surface area contributed by atoms with E-state index in [2.05, 4.69) is 4.98 Å². The zero-order valence-electron chi connectivity index (χ0n) is 10.5. The SMILES string of the molecule is O=C(O)c1cc(N2CCCCCC2CO)ncc1Cl. The van der Waals surface area contributed by atoms with Crippen LogP contribution in [0.3, 0.4) is 0 Å². The fourth-order valence-electron chi connectivity index (χ4n) is 2.42. The van der Waals surface area contributed by atoms with Gasteiger partial charge in [0.1, 0.15) is 5.82 Å². The highest BCUT2D eigenvalue weighted by Crippen LogP contribution is 2.25. The molecule has 0 aliphatic carbocycles. The van der Waals surface area contributed by atoms with Gasteiger partial charge in [-0.1, -0.05) is 24.4 Å². The molecule has 1 unspecified atom stereocenters. The number of nitrogens with zero attached hydrogens (tertiary/aromatic N) is 2. The smallest absolute Gasteiger partial charge is 0.337 e. The Hall–Kier alpha value is -1.33. The second-order valence-corrected chi connectivity index (χ2v) is 5.11. The minimum atomic E-state index is -1.07. The summed E-state index contributed by atoms with van der Waals surface area (Å²) in [5.41, 5.74) is 0.0487. The summed E-state index contributed by atoms with van der Waals surface area (Å²) < 4.78 is 0. The molecular formula is C13H17ClN2O3. The molecule has 5 nitrogen and oxygen atoms in total. The minimum Gasteiger partial charge on any atom is -0.478 e. The largest absolute Gasteiger partial charge is 0.478 e. The average molecular weight is 285 g/mol. The fraction of sp³-hybridized carbons (Fsp3) is 0.538. The summed E-state index contributed by atoms with van der Waals surface area (Å²) in [6.45, 7) is 0.825. The highest BCUT2D eigenvalue weighted by atomic mass is 35.5. The van der Waals surface area contributed by atoms with Crippen molar-refractivity contribution in [3.63, 3.8) is 0 Å². The number of halogens is 1. The van der Waals surface area contributed by atoms with Crippen molar-refractivity contribution in [1.82, 2.24) is 4.98 Å². The molecule has 1 atom stereocenters. The molecule has 1 saturated heterocycles. The quantitative estimate of drug-likeness (QED) is 0.890. The standard InChI is InChI=1S/C13H17ClN2O3/c14-11-7-15-12(6-10(11)13(18)19)16-5-3-1-2-4-9(16)8-17/h6-7,9,17H,1-5,8H2,(H,18,19). The Balaban J connectivity index is 2.33. The van der Waals surface area contributed by atoms with Crippen molar-refractivity contribution in [2.75, 3.05) is 18.1 Å². The van der Waals surface area contributed by atoms with Gasteiger partial charge in [-0.25, -0.2) is 9.78 Å². The first-order chi connectivity index (χ1) is 9.13. The molecule has 0 saturated carbocycles. The van der Waals surface area contributed by atoms with Gasteiger partial charge >= 0.3 is 5.97 Å². The molecule has 6 heteroatoms. The molecule has 1 aliphatic rings. The molecule has 104 valence electrons. The highest BCUT2D eigenvalue weighted by Gasteiger charge is 2.23. The van der Waals surface area contributed by atoms with Crippen LogP contribution in [0.1, 0.15) is 36.0 Å². The molecule has 2 N–H and O–H groups in total. The van der Waals surface area contributed by atoms with Crippen molar-refractivity contribution in [3.8, 4) is 0 Å². The van der Waals surface area contributed by atoms with Gasteiger partial charge in [-0.05, 0) is 18.9 Å². The van der Waals surface area contributed by atoms with Crippen molar-refractivity contribution in [2.45, 2.75) is 31.7 Å². The number of rotatable bonds is 3. The molecule has 1 aliphatic heterocycles. The zero-order chi connectivity index (χ0) is 13.8. The predicted octanol–water partition coefficient (Wildman–Crippen LogP) is 2.17. The van der Waals surface area contributed by atoms with Gasteiger partial charge in [0, 0.05) is 12.7 Å². The van der Waals surface area contributed by atoms with E-state index in [-0.39, 0.29) is 23.2 Å². The number of carbonyl (C=O) groups is 1. The van der Waals surface area contributed by atoms with Crippen LogP contribution in [-0.4, -0.2) is 40.4 Å². The number of carboxylic acids is 1. The third kappa shape index (κ3) is 3.16. The van der Waals surface area contributed by atoms with E-state index < -0.39 is 5.97 Å². The van der Waals surface area contributed by atoms with E-state index in [0.717, 1.165) is 32.2 Å². The van der Waals surface area contributed by atoms with Gasteiger partial charge in [0.25, 0.3) is 0 Å². The summed E-state index contributed by atoms with van der Waals surface area (Å²) >= 11 is 5.82. The predicted molar refractivity (Wildman–Crippen MR) is 72.9 cm³/mol. The highest BCUT2D eigenvalue weighted by molar-refractivity contribution is 6.33. The van der Waals surface area contributed by atoms with Gasteiger partial charge in [0.2, 0.25) is 0 Å². The van der Waals surface area contributed by atoms with Gasteiger partial charge in [0.15, 0.2) is 0 Å². The molecule has 0 spiro atoms. The molecule has 2 rings (SSSR count). The molecule has 19 heavy (non-hydrogen) atoms. The molecule has 0 radical (unpaired) electrons. The van der Waals surface area contributed by atoms with Crippen molar-refractivity contribution in [1.29, 1.82) is 0 Å². The van der Waals surface area contributed by atoms with Crippen LogP contribution >= 0.6 is 11.6 Å². The number of pyridine rings is 1. The molecule has 0 bridgehead atoms. The van der Waals surface area contributed by atoms with Gasteiger partial charge in [-0.2, -0.15) is 0 Å². The minimum absolute atomic E-state index is 0.00202. The number of aromatic nitrogens is 1. The Kier molecular flexibility index (Phi) is 4.61. The molecular weight excluding hydrogens is 268 g/mol. The summed E-state index contributed by atoms with van der Waals surface area (Å²) in [4.78, 5) is 17.3. The summed E-state index contributed by atoms with van der Waals surface area (Å²) in [6, 6.07) is 1.48. The lowest BCUT2D eigenvalue weighted by Crippen LogP contribution is -2.38. The first kappa shape index (κ1) is 14.1. The van der Waals surface area contributed by atoms with E-state index >= 15 is 0 Å². The average Bonchev–Trinajstić information content (AvgIpc) is 2.64. The van der Waals surface area contributed by atoms with E-state index in [4.69, 9.17) is 16.7 Å². The summed E-state index contributed by atoms with van der Waals surface area (Å²) in [6.07, 6.45) is 5.46. The number of aliphatic hydroxyl groups excluding tert-OH is 1. The Morgan fingerprint density at radius 1 is 1.47 bits per heavy atom. The van der Waals surface area contributed by atoms with Crippen molar-refractivity contribution < 1.29 is 15.0 Å². The fourth-order valence-corrected chi connectivity index (χ4v) is 2.60. The molecule has 1 aromatic heterocycles. The van der Waals surface area contributed by atoms with E-state index in [0.29, 0.717) is 5.82 Å². The van der Waals surface area contributed by atoms with E-state index in [1.54, 1.807) is 0 Å². The maximum Gasteiger partial charge on any atom is 0.337 e. The van der Waals surface area contributed by atoms with Crippen LogP contribution in [-0.2, 0) is 0 Å². The van der Waals surface area contributed by atoms with E-state index in [9.17, 15) is 9.90 Å². The molecule has 1 fully saturated rings. The van der Waals surface area contributed by atoms with Crippen molar-refractivity contribution in [3.05, 3.63) is 22.8 Å². The monoisotopic (exact) mass is 284 g/mol. The Labute approximate surface area is 116 Å². The second kappa shape index (κ2) is 6.21. The Morgan fingerprint density at radius 3 is 2.95 bits per heavy atom. The van der Waals surface area contributed by atoms with Gasteiger partial charge < -0.3 is 15.1 Å². The number of aliphatic hydroxyl groups is 1. The van der Waals surface area contributed by atoms with E-state index in [1.807, 2.05) is 4.90 Å². The molecule has 1 aromatic rings. The van der Waals surface area contributed by atoms with Gasteiger partial charge in [-0.15, -0.1) is 0 Å². The van der Waals surface area contributed by atoms with E-state index in [1.165, 1.54) is 12.3 Å². The topological polar surface area (TPSA) is 73.7 Å². The van der Waals surface area contributed by atoms with Crippen LogP contribution in [0.25, 0.3) is 0 Å². The molecule has 0 amide bonds. The maximum atomic E-state index is 11.1. The maximum absolute atomic E-state index is 11.1. The Morgan fingerprint density at radius 2 is 2.26 bits per heavy atom. The number of carboxylic acid groups (broad SMARTS) is 1. The first-order valence-electron chi connectivity index (χ1n) is 6.40.